The van der Waals surface area contributed by atoms with E-state index in [0.717, 1.165) is 16.5 Å². The maximum absolute atomic E-state index is 13.4. The quantitative estimate of drug-likeness (QED) is 0.652. The molecule has 1 amide bonds. The van der Waals surface area contributed by atoms with Crippen LogP contribution in [-0.4, -0.2) is 21.8 Å². The van der Waals surface area contributed by atoms with Gasteiger partial charge in [-0.2, -0.15) is 0 Å². The van der Waals surface area contributed by atoms with E-state index in [2.05, 4.69) is 15.3 Å². The number of alkyl halides is 2. The van der Waals surface area contributed by atoms with Crippen LogP contribution in [-0.2, 0) is 0 Å². The Hall–Kier alpha value is -3.15. The first-order valence-corrected chi connectivity index (χ1v) is 9.61. The topological polar surface area (TPSA) is 54.9 Å². The number of fused-ring (bicyclic) bond motifs is 1. The highest BCUT2D eigenvalue weighted by Gasteiger charge is 2.31. The third kappa shape index (κ3) is 4.31. The van der Waals surface area contributed by atoms with E-state index in [1.807, 2.05) is 49.4 Å². The van der Waals surface area contributed by atoms with Gasteiger partial charge in [0.15, 0.2) is 0 Å². The van der Waals surface area contributed by atoms with Gasteiger partial charge >= 0.3 is 0 Å². The van der Waals surface area contributed by atoms with E-state index in [-0.39, 0.29) is 24.8 Å². The first-order chi connectivity index (χ1) is 13.9. The first-order valence-electron chi connectivity index (χ1n) is 9.61. The third-order valence-corrected chi connectivity index (χ3v) is 5.15. The van der Waals surface area contributed by atoms with Gasteiger partial charge in [-0.25, -0.2) is 8.78 Å². The van der Waals surface area contributed by atoms with E-state index >= 15 is 0 Å². The summed E-state index contributed by atoms with van der Waals surface area (Å²) in [6, 6.07) is 14.6. The van der Waals surface area contributed by atoms with Gasteiger partial charge in [0.25, 0.3) is 11.8 Å². The van der Waals surface area contributed by atoms with Crippen LogP contribution >= 0.6 is 0 Å². The Kier molecular flexibility index (Phi) is 5.09. The summed E-state index contributed by atoms with van der Waals surface area (Å²) < 4.78 is 26.8. The molecule has 0 saturated heterocycles. The largest absolute Gasteiger partial charge is 0.344 e. The Morgan fingerprint density at radius 1 is 1.17 bits per heavy atom. The molecule has 1 atom stereocenters. The second-order valence-corrected chi connectivity index (χ2v) is 7.35. The van der Waals surface area contributed by atoms with Crippen molar-refractivity contribution in [3.05, 3.63) is 77.8 Å². The van der Waals surface area contributed by atoms with Gasteiger partial charge in [0.2, 0.25) is 0 Å². The number of halogens is 2. The van der Waals surface area contributed by atoms with Crippen molar-refractivity contribution in [1.29, 1.82) is 0 Å². The molecule has 2 heterocycles. The van der Waals surface area contributed by atoms with Crippen molar-refractivity contribution in [2.24, 2.45) is 0 Å². The van der Waals surface area contributed by atoms with E-state index in [0.29, 0.717) is 23.4 Å². The summed E-state index contributed by atoms with van der Waals surface area (Å²) in [6.07, 6.45) is 3.01. The lowest BCUT2D eigenvalue weighted by molar-refractivity contribution is -0.00606. The molecule has 3 aromatic rings. The third-order valence-electron chi connectivity index (χ3n) is 5.15. The molecule has 0 aliphatic heterocycles. The summed E-state index contributed by atoms with van der Waals surface area (Å²) in [5.74, 6) is -2.87. The van der Waals surface area contributed by atoms with E-state index < -0.39 is 5.92 Å². The second-order valence-electron chi connectivity index (χ2n) is 7.35. The summed E-state index contributed by atoms with van der Waals surface area (Å²) in [5.41, 5.74) is 3.51. The van der Waals surface area contributed by atoms with Crippen LogP contribution in [0, 0.1) is 0 Å². The highest BCUT2D eigenvalue weighted by molar-refractivity contribution is 5.97. The molecule has 1 aliphatic carbocycles. The molecule has 0 saturated carbocycles. The number of amides is 1. The number of pyridine rings is 2. The van der Waals surface area contributed by atoms with Crippen LogP contribution in [0.5, 0.6) is 0 Å². The minimum absolute atomic E-state index is 0.161. The number of hydrogen-bond acceptors (Lipinski definition) is 3. The molecule has 0 bridgehead atoms. The normalized spacial score (nSPS) is 16.9. The molecule has 1 aliphatic rings. The highest BCUT2D eigenvalue weighted by Crippen LogP contribution is 2.35. The lowest BCUT2D eigenvalue weighted by Crippen LogP contribution is -2.27. The lowest BCUT2D eigenvalue weighted by Gasteiger charge is -2.22. The van der Waals surface area contributed by atoms with Gasteiger partial charge in [-0.05, 0) is 43.2 Å². The van der Waals surface area contributed by atoms with Crippen LogP contribution in [0.4, 0.5) is 8.78 Å². The van der Waals surface area contributed by atoms with Crippen molar-refractivity contribution >= 4 is 22.4 Å². The van der Waals surface area contributed by atoms with Crippen molar-refractivity contribution in [2.45, 2.75) is 38.2 Å². The van der Waals surface area contributed by atoms with Crippen LogP contribution in [0.3, 0.4) is 0 Å². The standard InChI is InChI=1S/C23H21F2N3O/c1-15(27-22(29)18-13-17-5-2-3-6-20(17)26-14-18)19-7-4-8-21(28-19)16-9-11-23(24,25)12-10-16/h2-9,13-15H,10-12H2,1H3,(H,27,29)/t15-/m0/s1. The number of nitrogens with one attached hydrogen (secondary N) is 1. The van der Waals surface area contributed by atoms with Gasteiger partial charge in [0.05, 0.1) is 28.5 Å². The maximum atomic E-state index is 13.4. The molecule has 4 nitrogen and oxygen atoms in total. The Bertz CT molecular complexity index is 1090. The molecular formula is C23H21F2N3O. The molecule has 0 unspecified atom stereocenters. The molecule has 0 spiro atoms. The first kappa shape index (κ1) is 19.2. The lowest BCUT2D eigenvalue weighted by atomic mass is 9.94. The van der Waals surface area contributed by atoms with Gasteiger partial charge in [-0.3, -0.25) is 14.8 Å². The molecule has 0 fully saturated rings. The van der Waals surface area contributed by atoms with Gasteiger partial charge in [-0.15, -0.1) is 0 Å². The number of nitrogens with zero attached hydrogens (tertiary/aromatic N) is 2. The highest BCUT2D eigenvalue weighted by atomic mass is 19.3. The van der Waals surface area contributed by atoms with Gasteiger partial charge < -0.3 is 5.32 Å². The van der Waals surface area contributed by atoms with Crippen LogP contribution in [0.25, 0.3) is 16.5 Å². The average molecular weight is 393 g/mol. The van der Waals surface area contributed by atoms with Crippen molar-refractivity contribution in [3.8, 4) is 0 Å². The molecule has 4 rings (SSSR count). The SMILES string of the molecule is C[C@H](NC(=O)c1cnc2ccccc2c1)c1cccc(C2=CCC(F)(F)CC2)n1. The molecule has 2 aromatic heterocycles. The molecule has 29 heavy (non-hydrogen) atoms. The van der Waals surface area contributed by atoms with Crippen molar-refractivity contribution in [1.82, 2.24) is 15.3 Å². The van der Waals surface area contributed by atoms with E-state index in [9.17, 15) is 13.6 Å². The zero-order valence-electron chi connectivity index (χ0n) is 16.0. The van der Waals surface area contributed by atoms with Crippen molar-refractivity contribution in [3.63, 3.8) is 0 Å². The summed E-state index contributed by atoms with van der Waals surface area (Å²) in [4.78, 5) is 21.6. The monoisotopic (exact) mass is 393 g/mol. The van der Waals surface area contributed by atoms with Crippen LogP contribution in [0.2, 0.25) is 0 Å². The summed E-state index contributed by atoms with van der Waals surface area (Å²) >= 11 is 0. The molecular weight excluding hydrogens is 372 g/mol. The molecule has 148 valence electrons. The van der Waals surface area contributed by atoms with Crippen molar-refractivity contribution in [2.75, 3.05) is 0 Å². The molecule has 0 radical (unpaired) electrons. The molecule has 6 heteroatoms. The zero-order chi connectivity index (χ0) is 20.4. The Morgan fingerprint density at radius 2 is 2.00 bits per heavy atom. The number of allylic oxidation sites excluding steroid dienone is 2. The Balaban J connectivity index is 1.50. The number of benzene rings is 1. The second kappa shape index (κ2) is 7.70. The van der Waals surface area contributed by atoms with Gasteiger partial charge in [0, 0.05) is 24.4 Å². The van der Waals surface area contributed by atoms with Crippen LogP contribution in [0.15, 0.2) is 60.8 Å². The predicted molar refractivity (Wildman–Crippen MR) is 109 cm³/mol. The minimum atomic E-state index is -2.63. The smallest absolute Gasteiger partial charge is 0.253 e. The van der Waals surface area contributed by atoms with Crippen molar-refractivity contribution < 1.29 is 13.6 Å². The average Bonchev–Trinajstić information content (AvgIpc) is 2.73. The van der Waals surface area contributed by atoms with Gasteiger partial charge in [0.1, 0.15) is 0 Å². The minimum Gasteiger partial charge on any atom is -0.344 e. The zero-order valence-corrected chi connectivity index (χ0v) is 16.0. The Labute approximate surface area is 167 Å². The fourth-order valence-electron chi connectivity index (χ4n) is 3.45. The van der Waals surface area contributed by atoms with E-state index in [4.69, 9.17) is 0 Å². The maximum Gasteiger partial charge on any atom is 0.253 e. The summed E-state index contributed by atoms with van der Waals surface area (Å²) in [5, 5.41) is 3.84. The van der Waals surface area contributed by atoms with Crippen LogP contribution in [0.1, 0.15) is 54.0 Å². The van der Waals surface area contributed by atoms with Gasteiger partial charge in [-0.1, -0.05) is 30.3 Å². The molecule has 1 N–H and O–H groups in total. The number of carbonyl (C=O) groups is 1. The fourth-order valence-corrected chi connectivity index (χ4v) is 3.45. The summed E-state index contributed by atoms with van der Waals surface area (Å²) in [6.45, 7) is 1.85. The van der Waals surface area contributed by atoms with E-state index in [1.54, 1.807) is 18.3 Å². The summed E-state index contributed by atoms with van der Waals surface area (Å²) in [7, 11) is 0. The number of para-hydroxylation sites is 1. The fraction of sp³-hybridized carbons (Fsp3) is 0.261. The number of hydrogen-bond donors (Lipinski definition) is 1. The van der Waals surface area contributed by atoms with Crippen LogP contribution < -0.4 is 5.32 Å². The predicted octanol–water partition coefficient (Wildman–Crippen LogP) is 5.32. The van der Waals surface area contributed by atoms with E-state index in [1.165, 1.54) is 0 Å². The number of rotatable bonds is 4. The Morgan fingerprint density at radius 3 is 2.79 bits per heavy atom. The molecule has 1 aromatic carbocycles. The number of carbonyl (C=O) groups excluding carboxylic acids is 1. The number of aromatic nitrogens is 2.